The van der Waals surface area contributed by atoms with E-state index >= 15 is 0 Å². The molecule has 0 spiro atoms. The molecule has 0 aliphatic rings. The zero-order chi connectivity index (χ0) is 12.8. The number of hydrogen-bond donors (Lipinski definition) is 1. The van der Waals surface area contributed by atoms with Crippen molar-refractivity contribution in [3.63, 3.8) is 0 Å². The Labute approximate surface area is 95.1 Å². The highest BCUT2D eigenvalue weighted by Crippen LogP contribution is 2.01. The van der Waals surface area contributed by atoms with Crippen molar-refractivity contribution in [2.45, 2.75) is 19.3 Å². The minimum atomic E-state index is -3.74. The first-order chi connectivity index (χ1) is 7.36. The molecule has 0 aromatic heterocycles. The second-order valence-corrected chi connectivity index (χ2v) is 4.84. The molecule has 0 amide bonds. The van der Waals surface area contributed by atoms with Gasteiger partial charge in [0.1, 0.15) is 0 Å². The number of hydrogen-bond acceptors (Lipinski definition) is 6. The molecule has 0 radical (unpaired) electrons. The lowest BCUT2D eigenvalue weighted by Gasteiger charge is -2.21. The van der Waals surface area contributed by atoms with Crippen LogP contribution in [0, 0.1) is 0 Å². The highest BCUT2D eigenvalue weighted by molar-refractivity contribution is 7.90. The zero-order valence-electron chi connectivity index (χ0n) is 9.72. The molecule has 0 heterocycles. The summed E-state index contributed by atoms with van der Waals surface area (Å²) in [6, 6.07) is -0.607. The van der Waals surface area contributed by atoms with Gasteiger partial charge < -0.3 is 14.2 Å². The summed E-state index contributed by atoms with van der Waals surface area (Å²) in [4.78, 5) is 10.8. The summed E-state index contributed by atoms with van der Waals surface area (Å²) >= 11 is 0. The first kappa shape index (κ1) is 15.3. The fourth-order valence-electron chi connectivity index (χ4n) is 1.10. The third-order valence-corrected chi connectivity index (χ3v) is 3.12. The van der Waals surface area contributed by atoms with E-state index in [1.807, 2.05) is 0 Å². The normalized spacial score (nSPS) is 13.8. The number of methoxy groups -OCH3 is 3. The van der Waals surface area contributed by atoms with Crippen molar-refractivity contribution in [3.8, 4) is 0 Å². The number of rotatable bonds is 7. The average Bonchev–Trinajstić information content (AvgIpc) is 2.17. The van der Waals surface area contributed by atoms with Crippen LogP contribution in [0.2, 0.25) is 0 Å². The molecule has 1 N–H and O–H groups in total. The maximum Gasteiger partial charge on any atom is 0.322 e. The van der Waals surface area contributed by atoms with Crippen LogP contribution in [0.15, 0.2) is 0 Å². The molecule has 16 heavy (non-hydrogen) atoms. The van der Waals surface area contributed by atoms with Gasteiger partial charge in [0.15, 0.2) is 12.0 Å². The van der Waals surface area contributed by atoms with Crippen LogP contribution in [0.1, 0.15) is 6.92 Å². The number of carbonyl (C=O) groups excluding carboxylic acids is 1. The van der Waals surface area contributed by atoms with Crippen molar-refractivity contribution >= 4 is 16.0 Å². The molecule has 0 bridgehead atoms. The first-order valence-corrected chi connectivity index (χ1v) is 6.14. The minimum Gasteiger partial charge on any atom is -0.468 e. The Morgan fingerprint density at radius 3 is 2.12 bits per heavy atom. The predicted molar refractivity (Wildman–Crippen MR) is 56.2 cm³/mol. The molecule has 0 aliphatic heterocycles. The third kappa shape index (κ3) is 5.40. The zero-order valence-corrected chi connectivity index (χ0v) is 10.5. The lowest BCUT2D eigenvalue weighted by molar-refractivity contribution is -0.137. The van der Waals surface area contributed by atoms with Crippen LogP contribution in [0.5, 0.6) is 0 Å². The van der Waals surface area contributed by atoms with E-state index in [1.165, 1.54) is 14.2 Å². The van der Waals surface area contributed by atoms with Crippen molar-refractivity contribution in [1.82, 2.24) is 4.72 Å². The summed E-state index contributed by atoms with van der Waals surface area (Å²) in [5, 5.41) is 0. The summed E-state index contributed by atoms with van der Waals surface area (Å²) in [6.07, 6.45) is -0.715. The van der Waals surface area contributed by atoms with Gasteiger partial charge in [-0.2, -0.15) is 0 Å². The van der Waals surface area contributed by atoms with Crippen LogP contribution in [0.25, 0.3) is 0 Å². The van der Waals surface area contributed by atoms with Crippen LogP contribution < -0.4 is 4.72 Å². The average molecular weight is 255 g/mol. The topological polar surface area (TPSA) is 90.9 Å². The maximum atomic E-state index is 11.4. The highest BCUT2D eigenvalue weighted by Gasteiger charge is 2.24. The Hall–Kier alpha value is -0.700. The smallest absolute Gasteiger partial charge is 0.322 e. The highest BCUT2D eigenvalue weighted by atomic mass is 32.2. The molecular weight excluding hydrogens is 238 g/mol. The summed E-state index contributed by atoms with van der Waals surface area (Å²) in [7, 11) is 0.154. The fraction of sp³-hybridized carbons (Fsp3) is 0.875. The largest absolute Gasteiger partial charge is 0.468 e. The van der Waals surface area contributed by atoms with E-state index < -0.39 is 34.1 Å². The van der Waals surface area contributed by atoms with Crippen molar-refractivity contribution in [2.75, 3.05) is 27.1 Å². The maximum absolute atomic E-state index is 11.4. The number of carbonyl (C=O) groups is 1. The van der Waals surface area contributed by atoms with Crippen molar-refractivity contribution in [3.05, 3.63) is 0 Å². The second kappa shape index (κ2) is 6.79. The van der Waals surface area contributed by atoms with E-state index in [2.05, 4.69) is 9.46 Å². The van der Waals surface area contributed by atoms with Crippen LogP contribution in [0.4, 0.5) is 0 Å². The summed E-state index contributed by atoms with van der Waals surface area (Å²) < 4.78 is 39.1. The molecule has 96 valence electrons. The quantitative estimate of drug-likeness (QED) is 0.467. The lowest BCUT2D eigenvalue weighted by Crippen LogP contribution is -2.44. The monoisotopic (exact) mass is 255 g/mol. The van der Waals surface area contributed by atoms with Gasteiger partial charge in [-0.05, 0) is 6.92 Å². The van der Waals surface area contributed by atoms with Crippen molar-refractivity contribution in [2.24, 2.45) is 0 Å². The molecule has 0 saturated heterocycles. The van der Waals surface area contributed by atoms with Crippen LogP contribution in [-0.4, -0.2) is 53.8 Å². The van der Waals surface area contributed by atoms with Gasteiger partial charge >= 0.3 is 5.97 Å². The van der Waals surface area contributed by atoms with E-state index in [0.29, 0.717) is 0 Å². The standard InChI is InChI=1S/C8H17NO6S/c1-6(8(14-3)15-4)9-16(11,12)5-7(10)13-2/h6,8-9H,5H2,1-4H3. The molecule has 1 unspecified atom stereocenters. The molecule has 0 aromatic carbocycles. The Morgan fingerprint density at radius 2 is 1.75 bits per heavy atom. The Morgan fingerprint density at radius 1 is 1.25 bits per heavy atom. The number of ether oxygens (including phenoxy) is 3. The first-order valence-electron chi connectivity index (χ1n) is 4.48. The van der Waals surface area contributed by atoms with Gasteiger partial charge in [0, 0.05) is 14.2 Å². The van der Waals surface area contributed by atoms with E-state index in [4.69, 9.17) is 9.47 Å². The molecule has 0 aliphatic carbocycles. The minimum absolute atomic E-state index is 0.607. The molecule has 0 aromatic rings. The lowest BCUT2D eigenvalue weighted by atomic mass is 10.3. The Bertz CT molecular complexity index is 310. The van der Waals surface area contributed by atoms with E-state index in [0.717, 1.165) is 7.11 Å². The summed E-state index contributed by atoms with van der Waals surface area (Å²) in [5.41, 5.74) is 0. The van der Waals surface area contributed by atoms with E-state index in [9.17, 15) is 13.2 Å². The van der Waals surface area contributed by atoms with Crippen molar-refractivity contribution in [1.29, 1.82) is 0 Å². The molecule has 8 heteroatoms. The Balaban J connectivity index is 4.41. The molecule has 0 fully saturated rings. The second-order valence-electron chi connectivity index (χ2n) is 3.08. The van der Waals surface area contributed by atoms with Crippen molar-refractivity contribution < 1.29 is 27.4 Å². The van der Waals surface area contributed by atoms with Crippen LogP contribution in [-0.2, 0) is 29.0 Å². The van der Waals surface area contributed by atoms with Gasteiger partial charge in [0.05, 0.1) is 13.2 Å². The molecule has 0 saturated carbocycles. The summed E-state index contributed by atoms with van der Waals surface area (Å²) in [5.74, 6) is -1.56. The van der Waals surface area contributed by atoms with Gasteiger partial charge in [-0.15, -0.1) is 0 Å². The number of nitrogens with one attached hydrogen (secondary N) is 1. The van der Waals surface area contributed by atoms with Gasteiger partial charge in [-0.3, -0.25) is 4.79 Å². The SMILES string of the molecule is COC(=O)CS(=O)(=O)NC(C)C(OC)OC. The number of esters is 1. The Kier molecular flexibility index (Phi) is 6.49. The van der Waals surface area contributed by atoms with E-state index in [-0.39, 0.29) is 0 Å². The fourth-order valence-corrected chi connectivity index (χ4v) is 2.29. The molecule has 7 nitrogen and oxygen atoms in total. The van der Waals surface area contributed by atoms with Gasteiger partial charge in [-0.25, -0.2) is 13.1 Å². The van der Waals surface area contributed by atoms with Gasteiger partial charge in [0.25, 0.3) is 0 Å². The molecular formula is C8H17NO6S. The van der Waals surface area contributed by atoms with Crippen LogP contribution in [0.3, 0.4) is 0 Å². The number of sulfonamides is 1. The summed E-state index contributed by atoms with van der Waals surface area (Å²) in [6.45, 7) is 1.56. The molecule has 0 rings (SSSR count). The van der Waals surface area contributed by atoms with Crippen LogP contribution >= 0.6 is 0 Å². The molecule has 1 atom stereocenters. The third-order valence-electron chi connectivity index (χ3n) is 1.77. The van der Waals surface area contributed by atoms with Gasteiger partial charge in [0.2, 0.25) is 10.0 Å². The van der Waals surface area contributed by atoms with Gasteiger partial charge in [-0.1, -0.05) is 0 Å². The van der Waals surface area contributed by atoms with E-state index in [1.54, 1.807) is 6.92 Å². The predicted octanol–water partition coefficient (Wildman–Crippen LogP) is -0.914.